The Morgan fingerprint density at radius 3 is 0.769 bits per heavy atom. The van der Waals surface area contributed by atoms with E-state index in [-0.39, 0.29) is 0 Å². The number of rotatable bonds is 48. The first-order valence-corrected chi connectivity index (χ1v) is 32.6. The summed E-state index contributed by atoms with van der Waals surface area (Å²) in [6.07, 6.45) is 60.8. The molecule has 432 valence electrons. The topological polar surface area (TPSA) is 27.7 Å². The Morgan fingerprint density at radius 1 is 0.282 bits per heavy atom. The third-order valence-corrected chi connectivity index (χ3v) is 16.2. The zero-order chi connectivity index (χ0) is 55.4. The van der Waals surface area contributed by atoms with Crippen molar-refractivity contribution < 1.29 is 14.2 Å². The van der Waals surface area contributed by atoms with Gasteiger partial charge in [0.15, 0.2) is 0 Å². The van der Waals surface area contributed by atoms with Crippen LogP contribution in [0.2, 0.25) is 0 Å². The van der Waals surface area contributed by atoms with E-state index in [2.05, 4.69) is 151 Å². The Morgan fingerprint density at radius 2 is 0.513 bits per heavy atom. The maximum absolute atomic E-state index is 6.72. The summed E-state index contributed by atoms with van der Waals surface area (Å²) in [6.45, 7) is 15.2. The number of hydrogen-bond acceptors (Lipinski definition) is 3. The maximum atomic E-state index is 6.72. The van der Waals surface area contributed by atoms with Crippen LogP contribution in [-0.2, 0) is 39.1 Å². The Bertz CT molecular complexity index is 1940. The van der Waals surface area contributed by atoms with E-state index >= 15 is 0 Å². The largest absolute Gasteiger partial charge is 0.489 e. The van der Waals surface area contributed by atoms with Gasteiger partial charge < -0.3 is 14.2 Å². The van der Waals surface area contributed by atoms with E-state index in [0.29, 0.717) is 19.8 Å². The van der Waals surface area contributed by atoms with E-state index in [9.17, 15) is 0 Å². The molecule has 0 aromatic heterocycles. The smallest absolute Gasteiger partial charge is 0.120 e. The van der Waals surface area contributed by atoms with Crippen LogP contribution in [0.25, 0.3) is 0 Å². The number of aryl methyl sites for hydroxylation is 3. The van der Waals surface area contributed by atoms with Crippen molar-refractivity contribution in [3.8, 4) is 17.2 Å². The Hall–Kier alpha value is -4.50. The third-order valence-electron chi connectivity index (χ3n) is 16.2. The average Bonchev–Trinajstić information content (AvgIpc) is 3.48. The molecule has 0 fully saturated rings. The number of ether oxygens (including phenoxy) is 3. The Balaban J connectivity index is 1.34. The van der Waals surface area contributed by atoms with Gasteiger partial charge in [-0.25, -0.2) is 0 Å². The molecule has 0 saturated carbocycles. The molecule has 0 spiro atoms. The second-order valence-electron chi connectivity index (χ2n) is 23.0. The van der Waals surface area contributed by atoms with Crippen molar-refractivity contribution in [2.75, 3.05) is 0 Å². The van der Waals surface area contributed by atoms with Crippen molar-refractivity contribution in [1.29, 1.82) is 0 Å². The molecular weight excluding hydrogens is 949 g/mol. The Labute approximate surface area is 480 Å². The summed E-state index contributed by atoms with van der Waals surface area (Å²) < 4.78 is 20.2. The molecule has 0 amide bonds. The summed E-state index contributed by atoms with van der Waals surface area (Å²) in [6, 6.07) is 26.5. The normalized spacial score (nSPS) is 11.8. The molecule has 4 rings (SSSR count). The minimum atomic E-state index is 0.505. The zero-order valence-corrected chi connectivity index (χ0v) is 51.2. The van der Waals surface area contributed by atoms with Crippen LogP contribution >= 0.6 is 0 Å². The summed E-state index contributed by atoms with van der Waals surface area (Å²) in [5.74, 6) is 2.83. The summed E-state index contributed by atoms with van der Waals surface area (Å²) in [7, 11) is 0. The van der Waals surface area contributed by atoms with Gasteiger partial charge in [0.05, 0.1) is 0 Å². The molecule has 0 aliphatic heterocycles. The van der Waals surface area contributed by atoms with Crippen LogP contribution in [0.3, 0.4) is 0 Å². The Kier molecular flexibility index (Phi) is 37.5. The first kappa shape index (κ1) is 66.0. The van der Waals surface area contributed by atoms with Gasteiger partial charge in [-0.3, -0.25) is 0 Å². The lowest BCUT2D eigenvalue weighted by Gasteiger charge is -2.23. The van der Waals surface area contributed by atoms with Crippen LogP contribution < -0.4 is 14.2 Å². The van der Waals surface area contributed by atoms with Gasteiger partial charge in [0.25, 0.3) is 0 Å². The lowest BCUT2D eigenvalue weighted by Crippen LogP contribution is -2.13. The van der Waals surface area contributed by atoms with Crippen LogP contribution in [0.1, 0.15) is 283 Å². The van der Waals surface area contributed by atoms with E-state index in [0.717, 1.165) is 36.5 Å². The van der Waals surface area contributed by atoms with Gasteiger partial charge in [-0.2, -0.15) is 0 Å². The van der Waals surface area contributed by atoms with Gasteiger partial charge in [0.2, 0.25) is 0 Å². The first-order valence-electron chi connectivity index (χ1n) is 32.6. The summed E-state index contributed by atoms with van der Waals surface area (Å²) in [5.41, 5.74) is 11.5. The van der Waals surface area contributed by atoms with Crippen LogP contribution in [0.4, 0.5) is 0 Å². The molecule has 0 N–H and O–H groups in total. The molecule has 0 radical (unpaired) electrons. The van der Waals surface area contributed by atoms with E-state index in [1.54, 1.807) is 0 Å². The number of unbranched alkanes of at least 4 members (excludes halogenated alkanes) is 27. The lowest BCUT2D eigenvalue weighted by molar-refractivity contribution is 0.289. The summed E-state index contributed by atoms with van der Waals surface area (Å²) >= 11 is 0. The summed E-state index contributed by atoms with van der Waals surface area (Å²) in [4.78, 5) is 0. The maximum Gasteiger partial charge on any atom is 0.120 e. The van der Waals surface area contributed by atoms with Crippen LogP contribution in [0.15, 0.2) is 109 Å². The standard InChI is InChI=1S/C75H114O3/c1-7-10-13-16-19-22-25-28-31-34-37-40-43-49-67-52-46-55-70(58-67)76-61-73-64(4)74(62-77-71-56-47-53-68(59-71)50-44-41-38-35-32-29-26-23-20-17-14-11-8-2)66(6)75(65(73)5)63-78-72-57-48-54-69(60-72)51-45-42-39-36-33-30-27-24-21-18-15-12-9-3/h22-27,46-48,52-60H,7-21,28-45,49-51,61-63H2,1-6H3/b25-22-,26-23-,27-24-. The molecule has 0 atom stereocenters. The lowest BCUT2D eigenvalue weighted by atomic mass is 9.89. The molecule has 0 heterocycles. The second kappa shape index (κ2) is 44.3. The van der Waals surface area contributed by atoms with E-state index in [4.69, 9.17) is 14.2 Å². The minimum Gasteiger partial charge on any atom is -0.489 e. The molecule has 4 aromatic rings. The van der Waals surface area contributed by atoms with Gasteiger partial charge in [-0.05, 0) is 223 Å². The molecular formula is C75H114O3. The molecule has 0 saturated heterocycles. The van der Waals surface area contributed by atoms with Crippen molar-refractivity contribution in [2.45, 2.75) is 293 Å². The van der Waals surface area contributed by atoms with Crippen molar-refractivity contribution in [3.05, 3.63) is 159 Å². The first-order chi connectivity index (χ1) is 38.4. The van der Waals surface area contributed by atoms with Crippen LogP contribution in [0.5, 0.6) is 17.2 Å². The van der Waals surface area contributed by atoms with Gasteiger partial charge in [-0.1, -0.05) is 209 Å². The van der Waals surface area contributed by atoms with E-state index in [1.807, 2.05) is 0 Å². The molecule has 0 unspecified atom stereocenters. The molecule has 4 aromatic carbocycles. The monoisotopic (exact) mass is 1060 g/mol. The number of hydrogen-bond donors (Lipinski definition) is 0. The predicted octanol–water partition coefficient (Wildman–Crippen LogP) is 23.6. The quantitative estimate of drug-likeness (QED) is 0.0326. The fourth-order valence-electron chi connectivity index (χ4n) is 11.0. The highest BCUT2D eigenvalue weighted by Crippen LogP contribution is 2.32. The SMILES string of the molecule is CCCCCC/C=C\CCCCCCCc1cccc(OCc2c(C)c(COc3cccc(CCCCCCC/C=C\CCCCCC)c3)c(C)c(COc3cccc(CCCCCCC/C=C\CCCCCC)c3)c2C)c1. The highest BCUT2D eigenvalue weighted by molar-refractivity contribution is 5.51. The van der Waals surface area contributed by atoms with Crippen molar-refractivity contribution >= 4 is 0 Å². The highest BCUT2D eigenvalue weighted by atomic mass is 16.5. The van der Waals surface area contributed by atoms with Crippen molar-refractivity contribution in [3.63, 3.8) is 0 Å². The van der Waals surface area contributed by atoms with Gasteiger partial charge in [0.1, 0.15) is 37.1 Å². The van der Waals surface area contributed by atoms with E-state index < -0.39 is 0 Å². The van der Waals surface area contributed by atoms with Crippen molar-refractivity contribution in [2.24, 2.45) is 0 Å². The predicted molar refractivity (Wildman–Crippen MR) is 341 cm³/mol. The van der Waals surface area contributed by atoms with E-state index in [1.165, 1.54) is 262 Å². The zero-order valence-electron chi connectivity index (χ0n) is 51.2. The fourth-order valence-corrected chi connectivity index (χ4v) is 11.0. The molecule has 3 heteroatoms. The minimum absolute atomic E-state index is 0.505. The fraction of sp³-hybridized carbons (Fsp3) is 0.600. The molecule has 3 nitrogen and oxygen atoms in total. The van der Waals surface area contributed by atoms with Crippen LogP contribution in [0, 0.1) is 20.8 Å². The molecule has 0 aliphatic carbocycles. The highest BCUT2D eigenvalue weighted by Gasteiger charge is 2.19. The molecule has 0 bridgehead atoms. The molecule has 0 aliphatic rings. The number of allylic oxidation sites excluding steroid dienone is 6. The van der Waals surface area contributed by atoms with Gasteiger partial charge >= 0.3 is 0 Å². The van der Waals surface area contributed by atoms with Crippen molar-refractivity contribution in [1.82, 2.24) is 0 Å². The average molecular weight is 1060 g/mol. The third kappa shape index (κ3) is 29.6. The van der Waals surface area contributed by atoms with Gasteiger partial charge in [-0.15, -0.1) is 0 Å². The second-order valence-corrected chi connectivity index (χ2v) is 23.0. The summed E-state index contributed by atoms with van der Waals surface area (Å²) in [5, 5.41) is 0. The van der Waals surface area contributed by atoms with Gasteiger partial charge in [0, 0.05) is 0 Å². The van der Waals surface area contributed by atoms with Crippen LogP contribution in [-0.4, -0.2) is 0 Å². The number of benzene rings is 4. The molecule has 78 heavy (non-hydrogen) atoms.